The molecule has 8 heteroatoms. The third-order valence-corrected chi connectivity index (χ3v) is 3.96. The van der Waals surface area contributed by atoms with E-state index in [0.717, 1.165) is 17.0 Å². The highest BCUT2D eigenvalue weighted by Gasteiger charge is 2.34. The molecule has 1 N–H and O–H groups in total. The second-order valence-corrected chi connectivity index (χ2v) is 5.72. The van der Waals surface area contributed by atoms with E-state index >= 15 is 0 Å². The van der Waals surface area contributed by atoms with Crippen LogP contribution in [0, 0.1) is 5.82 Å². The Morgan fingerprint density at radius 2 is 1.56 bits per heavy atom. The van der Waals surface area contributed by atoms with E-state index in [0.29, 0.717) is 11.1 Å². The first-order chi connectivity index (χ1) is 13.0. The molecule has 0 aromatic heterocycles. The molecule has 2 aromatic carbocycles. The summed E-state index contributed by atoms with van der Waals surface area (Å²) in [7, 11) is 0. The van der Waals surface area contributed by atoms with Gasteiger partial charge in [0.15, 0.2) is 0 Å². The van der Waals surface area contributed by atoms with Crippen molar-refractivity contribution in [1.82, 2.24) is 10.2 Å². The van der Waals surface area contributed by atoms with Crippen molar-refractivity contribution < 1.29 is 28.3 Å². The molecule has 7 nitrogen and oxygen atoms in total. The van der Waals surface area contributed by atoms with Gasteiger partial charge < -0.3 is 10.1 Å². The van der Waals surface area contributed by atoms with Gasteiger partial charge in [0.25, 0.3) is 17.7 Å². The second kappa shape index (κ2) is 7.77. The van der Waals surface area contributed by atoms with Crippen LogP contribution in [-0.4, -0.2) is 48.3 Å². The number of carbonyl (C=O) groups excluding carboxylic acids is 4. The lowest BCUT2D eigenvalue weighted by atomic mass is 10.1. The van der Waals surface area contributed by atoms with Crippen LogP contribution in [0.2, 0.25) is 0 Å². The van der Waals surface area contributed by atoms with E-state index < -0.39 is 36.1 Å². The number of carbonyl (C=O) groups is 4. The Hall–Kier alpha value is -3.55. The molecule has 1 aliphatic heterocycles. The average Bonchev–Trinajstić information content (AvgIpc) is 2.92. The van der Waals surface area contributed by atoms with E-state index in [4.69, 9.17) is 4.74 Å². The van der Waals surface area contributed by atoms with Gasteiger partial charge in [0, 0.05) is 5.56 Å². The van der Waals surface area contributed by atoms with Crippen molar-refractivity contribution in [2.45, 2.75) is 0 Å². The van der Waals surface area contributed by atoms with Gasteiger partial charge in [-0.3, -0.25) is 24.1 Å². The van der Waals surface area contributed by atoms with Crippen molar-refractivity contribution >= 4 is 23.7 Å². The third-order valence-electron chi connectivity index (χ3n) is 3.96. The van der Waals surface area contributed by atoms with Gasteiger partial charge in [-0.05, 0) is 36.4 Å². The molecular weight excluding hydrogens is 355 g/mol. The van der Waals surface area contributed by atoms with Gasteiger partial charge in [0.2, 0.25) is 0 Å². The molecule has 0 saturated heterocycles. The number of rotatable bonds is 6. The number of esters is 1. The number of nitrogens with zero attached hydrogens (tertiary/aromatic N) is 1. The normalized spacial score (nSPS) is 12.7. The third kappa shape index (κ3) is 4.00. The lowest BCUT2D eigenvalue weighted by Crippen LogP contribution is -2.35. The van der Waals surface area contributed by atoms with Crippen molar-refractivity contribution in [2.75, 3.05) is 19.7 Å². The van der Waals surface area contributed by atoms with Crippen LogP contribution < -0.4 is 5.32 Å². The molecule has 0 unspecified atom stereocenters. The number of halogens is 1. The zero-order valence-corrected chi connectivity index (χ0v) is 14.1. The van der Waals surface area contributed by atoms with E-state index in [-0.39, 0.29) is 18.7 Å². The van der Waals surface area contributed by atoms with Gasteiger partial charge in [-0.1, -0.05) is 12.1 Å². The molecule has 2 aromatic rings. The first-order valence-corrected chi connectivity index (χ1v) is 8.12. The van der Waals surface area contributed by atoms with Crippen LogP contribution in [0.15, 0.2) is 48.5 Å². The molecule has 0 fully saturated rings. The molecule has 0 spiro atoms. The monoisotopic (exact) mass is 370 g/mol. The highest BCUT2D eigenvalue weighted by atomic mass is 19.1. The number of fused-ring (bicyclic) bond motifs is 1. The van der Waals surface area contributed by atoms with Crippen LogP contribution in [0.5, 0.6) is 0 Å². The van der Waals surface area contributed by atoms with Gasteiger partial charge in [-0.25, -0.2) is 4.39 Å². The zero-order chi connectivity index (χ0) is 19.4. The van der Waals surface area contributed by atoms with Crippen molar-refractivity contribution in [3.8, 4) is 0 Å². The van der Waals surface area contributed by atoms with Crippen LogP contribution in [0.4, 0.5) is 4.39 Å². The molecule has 0 atom stereocenters. The molecule has 1 heterocycles. The number of ether oxygens (including phenoxy) is 1. The zero-order valence-electron chi connectivity index (χ0n) is 14.1. The second-order valence-electron chi connectivity index (χ2n) is 5.72. The van der Waals surface area contributed by atoms with Crippen LogP contribution in [0.1, 0.15) is 31.1 Å². The molecule has 0 aliphatic carbocycles. The van der Waals surface area contributed by atoms with Crippen LogP contribution in [0.3, 0.4) is 0 Å². The highest BCUT2D eigenvalue weighted by molar-refractivity contribution is 6.21. The molecule has 3 amide bonds. The van der Waals surface area contributed by atoms with Crippen molar-refractivity contribution in [1.29, 1.82) is 0 Å². The Kier molecular flexibility index (Phi) is 5.25. The number of hydrogen-bond acceptors (Lipinski definition) is 5. The summed E-state index contributed by atoms with van der Waals surface area (Å²) in [4.78, 5) is 48.8. The molecule has 0 bridgehead atoms. The van der Waals surface area contributed by atoms with Gasteiger partial charge in [-0.15, -0.1) is 0 Å². The fourth-order valence-corrected chi connectivity index (χ4v) is 2.60. The fraction of sp³-hybridized carbons (Fsp3) is 0.158. The number of hydrogen-bond donors (Lipinski definition) is 1. The summed E-state index contributed by atoms with van der Waals surface area (Å²) in [6.07, 6.45) is 0. The Morgan fingerprint density at radius 3 is 2.15 bits per heavy atom. The summed E-state index contributed by atoms with van der Waals surface area (Å²) >= 11 is 0. The summed E-state index contributed by atoms with van der Waals surface area (Å²) in [6.45, 7) is -0.654. The Morgan fingerprint density at radius 1 is 0.963 bits per heavy atom. The minimum absolute atomic E-state index is 0.0794. The molecule has 0 radical (unpaired) electrons. The number of benzene rings is 2. The average molecular weight is 370 g/mol. The molecule has 27 heavy (non-hydrogen) atoms. The van der Waals surface area contributed by atoms with Crippen molar-refractivity contribution in [2.24, 2.45) is 0 Å². The van der Waals surface area contributed by atoms with E-state index in [1.807, 2.05) is 0 Å². The maximum Gasteiger partial charge on any atom is 0.325 e. The smallest absolute Gasteiger partial charge is 0.325 e. The Bertz CT molecular complexity index is 876. The van der Waals surface area contributed by atoms with Gasteiger partial charge in [0.05, 0.1) is 17.7 Å². The predicted molar refractivity (Wildman–Crippen MR) is 91.5 cm³/mol. The standard InChI is InChI=1S/C19H15FN2O5/c20-13-7-5-12(6-8-13)17(24)21-11-16(23)27-10-9-22-18(25)14-3-1-2-4-15(14)19(22)26/h1-8H,9-11H2,(H,21,24). The number of amides is 3. The van der Waals surface area contributed by atoms with E-state index in [1.54, 1.807) is 24.3 Å². The molecular formula is C19H15FN2O5. The summed E-state index contributed by atoms with van der Waals surface area (Å²) in [5.74, 6) is -2.61. The summed E-state index contributed by atoms with van der Waals surface area (Å²) in [5.41, 5.74) is 0.844. The van der Waals surface area contributed by atoms with E-state index in [1.165, 1.54) is 12.1 Å². The summed E-state index contributed by atoms with van der Waals surface area (Å²) < 4.78 is 17.8. The van der Waals surface area contributed by atoms with Crippen molar-refractivity contribution in [3.05, 3.63) is 71.0 Å². The number of imide groups is 1. The largest absolute Gasteiger partial charge is 0.462 e. The summed E-state index contributed by atoms with van der Waals surface area (Å²) in [5, 5.41) is 2.34. The van der Waals surface area contributed by atoms with Gasteiger partial charge in [0.1, 0.15) is 19.0 Å². The van der Waals surface area contributed by atoms with Crippen LogP contribution >= 0.6 is 0 Å². The van der Waals surface area contributed by atoms with Gasteiger partial charge in [-0.2, -0.15) is 0 Å². The first-order valence-electron chi connectivity index (χ1n) is 8.12. The SMILES string of the molecule is O=C(CNC(=O)c1ccc(F)cc1)OCCN1C(=O)c2ccccc2C1=O. The minimum Gasteiger partial charge on any atom is -0.462 e. The fourth-order valence-electron chi connectivity index (χ4n) is 2.60. The van der Waals surface area contributed by atoms with Crippen molar-refractivity contribution in [3.63, 3.8) is 0 Å². The molecule has 138 valence electrons. The Labute approximate surface area is 153 Å². The molecule has 1 aliphatic rings. The van der Waals surface area contributed by atoms with E-state index in [2.05, 4.69) is 5.32 Å². The lowest BCUT2D eigenvalue weighted by molar-refractivity contribution is -0.142. The molecule has 3 rings (SSSR count). The van der Waals surface area contributed by atoms with Crippen LogP contribution in [-0.2, 0) is 9.53 Å². The maximum atomic E-state index is 12.8. The minimum atomic E-state index is -0.720. The predicted octanol–water partition coefficient (Wildman–Crippen LogP) is 1.39. The Balaban J connectivity index is 1.44. The topological polar surface area (TPSA) is 92.8 Å². The summed E-state index contributed by atoms with van der Waals surface area (Å²) in [6, 6.07) is 11.3. The van der Waals surface area contributed by atoms with Gasteiger partial charge >= 0.3 is 5.97 Å². The quantitative estimate of drug-likeness (QED) is 0.613. The number of nitrogens with one attached hydrogen (secondary N) is 1. The molecule has 0 saturated carbocycles. The van der Waals surface area contributed by atoms with Crippen LogP contribution in [0.25, 0.3) is 0 Å². The maximum absolute atomic E-state index is 12.8. The highest BCUT2D eigenvalue weighted by Crippen LogP contribution is 2.21. The lowest BCUT2D eigenvalue weighted by Gasteiger charge is -2.14. The van der Waals surface area contributed by atoms with E-state index in [9.17, 15) is 23.6 Å². The first kappa shape index (κ1) is 18.2.